The number of hydrogen-bond donors (Lipinski definition) is 0. The topological polar surface area (TPSA) is 57.1 Å². The van der Waals surface area contributed by atoms with Crippen molar-refractivity contribution < 1.29 is 9.31 Å². The zero-order valence-electron chi connectivity index (χ0n) is 28.6. The van der Waals surface area contributed by atoms with E-state index < -0.39 is 23.7 Å². The molecule has 0 spiro atoms. The maximum atomic E-state index is 6.62. The molecule has 1 unspecified atom stereocenters. The van der Waals surface area contributed by atoms with E-state index in [-0.39, 0.29) is 0 Å². The van der Waals surface area contributed by atoms with Gasteiger partial charge in [-0.2, -0.15) is 0 Å². The molecule has 0 amide bonds. The van der Waals surface area contributed by atoms with Crippen molar-refractivity contribution in [2.75, 3.05) is 0 Å². The van der Waals surface area contributed by atoms with Crippen LogP contribution in [0, 0.1) is 0 Å². The molecule has 1 aliphatic carbocycles. The fourth-order valence-electron chi connectivity index (χ4n) is 7.66. The van der Waals surface area contributed by atoms with E-state index in [1.807, 2.05) is 36.5 Å². The van der Waals surface area contributed by atoms with Gasteiger partial charge in [0.25, 0.3) is 0 Å². The van der Waals surface area contributed by atoms with E-state index in [9.17, 15) is 0 Å². The molecule has 6 heteroatoms. The molecule has 242 valence electrons. The summed E-state index contributed by atoms with van der Waals surface area (Å²) in [4.78, 5) is 16.1. The van der Waals surface area contributed by atoms with Crippen LogP contribution in [0.2, 0.25) is 0 Å². The molecule has 50 heavy (non-hydrogen) atoms. The zero-order chi connectivity index (χ0) is 34.1. The summed E-state index contributed by atoms with van der Waals surface area (Å²) in [5.74, 6) is 0. The van der Waals surface area contributed by atoms with Gasteiger partial charge >= 0.3 is 7.12 Å². The van der Waals surface area contributed by atoms with Crippen LogP contribution in [0.3, 0.4) is 0 Å². The summed E-state index contributed by atoms with van der Waals surface area (Å²) in [5, 5.41) is 0. The molecule has 2 aromatic heterocycles. The third-order valence-electron chi connectivity index (χ3n) is 10.8. The first-order valence-electron chi connectivity index (χ1n) is 17.2. The van der Waals surface area contributed by atoms with Crippen LogP contribution in [0.25, 0.3) is 44.7 Å². The molecule has 3 heterocycles. The summed E-state index contributed by atoms with van der Waals surface area (Å²) >= 11 is 0. The van der Waals surface area contributed by atoms with Crippen LogP contribution in [0.5, 0.6) is 0 Å². The molecule has 1 aliphatic heterocycles. The molecule has 9 rings (SSSR count). The number of fused-ring (bicyclic) bond motifs is 4. The van der Waals surface area contributed by atoms with Gasteiger partial charge in [-0.05, 0) is 67.0 Å². The highest BCUT2D eigenvalue weighted by atomic mass is 16.7. The summed E-state index contributed by atoms with van der Waals surface area (Å²) in [6.07, 6.45) is 1.83. The lowest BCUT2D eigenvalue weighted by atomic mass is 9.67. The number of pyridine rings is 1. The van der Waals surface area contributed by atoms with Crippen molar-refractivity contribution in [3.8, 4) is 33.6 Å². The van der Waals surface area contributed by atoms with E-state index in [1.54, 1.807) is 0 Å². The highest BCUT2D eigenvalue weighted by molar-refractivity contribution is 6.62. The van der Waals surface area contributed by atoms with E-state index in [0.717, 1.165) is 67.0 Å². The molecule has 0 radical (unpaired) electrons. The fraction of sp³-hybridized carbons (Fsp3) is 0.159. The first-order chi connectivity index (χ1) is 24.3. The Morgan fingerprint density at radius 3 is 1.80 bits per heavy atom. The largest absolute Gasteiger partial charge is 0.494 e. The predicted octanol–water partition coefficient (Wildman–Crippen LogP) is 9.02. The number of nitrogens with zero attached hydrogens (tertiary/aromatic N) is 3. The molecule has 0 bridgehead atoms. The van der Waals surface area contributed by atoms with Gasteiger partial charge in [-0.15, -0.1) is 0 Å². The van der Waals surface area contributed by atoms with E-state index in [2.05, 4.69) is 137 Å². The first-order valence-corrected chi connectivity index (χ1v) is 17.2. The fourth-order valence-corrected chi connectivity index (χ4v) is 7.66. The molecule has 1 atom stereocenters. The molecule has 2 aliphatic rings. The van der Waals surface area contributed by atoms with Crippen LogP contribution in [0.15, 0.2) is 146 Å². The zero-order valence-corrected chi connectivity index (χ0v) is 28.6. The lowest BCUT2D eigenvalue weighted by molar-refractivity contribution is 0.00578. The number of aromatic nitrogens is 3. The second kappa shape index (κ2) is 11.3. The van der Waals surface area contributed by atoms with Gasteiger partial charge in [0, 0.05) is 17.3 Å². The van der Waals surface area contributed by atoms with Gasteiger partial charge in [0.15, 0.2) is 0 Å². The Balaban J connectivity index is 1.42. The van der Waals surface area contributed by atoms with Gasteiger partial charge in [-0.25, -0.2) is 9.97 Å². The van der Waals surface area contributed by atoms with Crippen molar-refractivity contribution in [1.82, 2.24) is 15.0 Å². The van der Waals surface area contributed by atoms with E-state index in [0.29, 0.717) is 0 Å². The summed E-state index contributed by atoms with van der Waals surface area (Å²) in [6.45, 7) is 8.39. The minimum atomic E-state index is -0.830. The van der Waals surface area contributed by atoms with E-state index in [4.69, 9.17) is 24.3 Å². The van der Waals surface area contributed by atoms with Gasteiger partial charge in [0.2, 0.25) is 0 Å². The maximum absolute atomic E-state index is 6.62. The highest BCUT2D eigenvalue weighted by Crippen LogP contribution is 2.57. The molecule has 5 nitrogen and oxygen atoms in total. The van der Waals surface area contributed by atoms with Crippen molar-refractivity contribution >= 4 is 23.6 Å². The Kier molecular flexibility index (Phi) is 6.93. The molecule has 1 saturated heterocycles. The number of benzene rings is 5. The van der Waals surface area contributed by atoms with Crippen LogP contribution in [0.1, 0.15) is 50.1 Å². The maximum Gasteiger partial charge on any atom is 0.494 e. The van der Waals surface area contributed by atoms with E-state index >= 15 is 0 Å². The van der Waals surface area contributed by atoms with Crippen molar-refractivity contribution in [3.05, 3.63) is 168 Å². The van der Waals surface area contributed by atoms with Crippen LogP contribution >= 0.6 is 0 Å². The van der Waals surface area contributed by atoms with Gasteiger partial charge in [-0.3, -0.25) is 4.98 Å². The Labute approximate surface area is 293 Å². The summed E-state index contributed by atoms with van der Waals surface area (Å²) < 4.78 is 13.2. The van der Waals surface area contributed by atoms with Crippen LogP contribution in [-0.2, 0) is 14.7 Å². The van der Waals surface area contributed by atoms with Crippen molar-refractivity contribution in [3.63, 3.8) is 0 Å². The molecule has 1 fully saturated rings. The summed E-state index contributed by atoms with van der Waals surface area (Å²) in [5.41, 5.74) is 10.9. The number of hydrogen-bond acceptors (Lipinski definition) is 5. The molecular weight excluding hydrogens is 613 g/mol. The average molecular weight is 650 g/mol. The third kappa shape index (κ3) is 4.52. The van der Waals surface area contributed by atoms with Gasteiger partial charge in [0.05, 0.1) is 39.2 Å². The standard InChI is InChI=1S/C44H36BN3O2/c1-42(2)43(3,4)50-45(49-42)32-24-25-34-33-22-14-15-23-35(33)44(36(34)28-32,31-20-12-7-13-21-31)41-39(30-18-10-6-11-19-30)47-37-26-27-46-38(40(37)48-41)29-16-8-5-9-17-29/h5-28H,1-4H3. The Bertz CT molecular complexity index is 2380. The SMILES string of the molecule is CC1(C)OB(c2ccc3c(c2)C(c2ccccc2)(c2nc4c(-c5ccccc5)nccc4nc2-c2ccccc2)c2ccccc2-3)OC1(C)C. The van der Waals surface area contributed by atoms with Gasteiger partial charge in [0.1, 0.15) is 5.52 Å². The van der Waals surface area contributed by atoms with Crippen molar-refractivity contribution in [2.45, 2.75) is 44.3 Å². The summed E-state index contributed by atoms with van der Waals surface area (Å²) in [7, 11) is -0.521. The molecule has 0 N–H and O–H groups in total. The lowest BCUT2D eigenvalue weighted by Crippen LogP contribution is -2.41. The Morgan fingerprint density at radius 1 is 0.540 bits per heavy atom. The van der Waals surface area contributed by atoms with Crippen LogP contribution < -0.4 is 5.46 Å². The highest BCUT2D eigenvalue weighted by Gasteiger charge is 2.53. The van der Waals surface area contributed by atoms with Gasteiger partial charge < -0.3 is 9.31 Å². The number of rotatable bonds is 5. The van der Waals surface area contributed by atoms with Crippen molar-refractivity contribution in [1.29, 1.82) is 0 Å². The van der Waals surface area contributed by atoms with Gasteiger partial charge in [-0.1, -0.05) is 133 Å². The quantitative estimate of drug-likeness (QED) is 0.174. The normalized spacial score (nSPS) is 18.6. The van der Waals surface area contributed by atoms with Crippen LogP contribution in [-0.4, -0.2) is 33.3 Å². The molecule has 0 saturated carbocycles. The monoisotopic (exact) mass is 649 g/mol. The Hall–Kier alpha value is -5.43. The molecule has 7 aromatic rings. The third-order valence-corrected chi connectivity index (χ3v) is 10.8. The predicted molar refractivity (Wildman–Crippen MR) is 201 cm³/mol. The lowest BCUT2D eigenvalue weighted by Gasteiger charge is -2.34. The summed E-state index contributed by atoms with van der Waals surface area (Å²) in [6, 6.07) is 48.8. The molecule has 5 aromatic carbocycles. The second-order valence-electron chi connectivity index (χ2n) is 14.2. The smallest absolute Gasteiger partial charge is 0.399 e. The van der Waals surface area contributed by atoms with Crippen LogP contribution in [0.4, 0.5) is 0 Å². The van der Waals surface area contributed by atoms with E-state index in [1.165, 1.54) is 5.56 Å². The Morgan fingerprint density at radius 2 is 1.12 bits per heavy atom. The second-order valence-corrected chi connectivity index (χ2v) is 14.2. The minimum Gasteiger partial charge on any atom is -0.399 e. The first kappa shape index (κ1) is 30.6. The molecular formula is C44H36BN3O2. The minimum absolute atomic E-state index is 0.471. The van der Waals surface area contributed by atoms with Crippen molar-refractivity contribution in [2.24, 2.45) is 0 Å². The average Bonchev–Trinajstić information content (AvgIpc) is 3.57.